The Bertz CT molecular complexity index is 303. The van der Waals surface area contributed by atoms with Crippen LogP contribution in [-0.2, 0) is 11.3 Å². The molecule has 1 atom stereocenters. The minimum atomic E-state index is 0.128. The summed E-state index contributed by atoms with van der Waals surface area (Å²) in [6.45, 7) is 7.11. The van der Waals surface area contributed by atoms with Gasteiger partial charge in [-0.05, 0) is 20.9 Å². The fourth-order valence-electron chi connectivity index (χ4n) is 1.57. The quantitative estimate of drug-likeness (QED) is 0.783. The number of hydrogen-bond acceptors (Lipinski definition) is 5. The molecule has 0 spiro atoms. The molecule has 92 valence electrons. The lowest BCUT2D eigenvalue weighted by molar-refractivity contribution is 0.0439. The molecular formula is C11H21N3OS. The normalized spacial score (nSPS) is 13.3. The number of nitrogens with two attached hydrogens (primary N) is 1. The first kappa shape index (κ1) is 13.6. The molecule has 5 heteroatoms. The fraction of sp³-hybridized carbons (Fsp3) is 0.727. The van der Waals surface area contributed by atoms with Gasteiger partial charge in [-0.3, -0.25) is 4.90 Å². The summed E-state index contributed by atoms with van der Waals surface area (Å²) in [4.78, 5) is 7.79. The lowest BCUT2D eigenvalue weighted by Gasteiger charge is -2.22. The molecule has 0 bridgehead atoms. The van der Waals surface area contributed by atoms with Gasteiger partial charge in [0.25, 0.3) is 0 Å². The van der Waals surface area contributed by atoms with E-state index in [2.05, 4.69) is 16.9 Å². The predicted molar refractivity (Wildman–Crippen MR) is 67.7 cm³/mol. The smallest absolute Gasteiger partial charge is 0.0823 e. The molecule has 1 rings (SSSR count). The zero-order chi connectivity index (χ0) is 12.0. The molecule has 1 aromatic rings. The second-order valence-electron chi connectivity index (χ2n) is 3.87. The maximum atomic E-state index is 5.65. The number of ether oxygens (including phenoxy) is 1. The molecule has 4 nitrogen and oxygen atoms in total. The number of thiazole rings is 1. The van der Waals surface area contributed by atoms with Gasteiger partial charge in [0, 0.05) is 31.1 Å². The molecule has 1 unspecified atom stereocenters. The van der Waals surface area contributed by atoms with Gasteiger partial charge in [0.2, 0.25) is 0 Å². The van der Waals surface area contributed by atoms with Gasteiger partial charge < -0.3 is 10.5 Å². The average molecular weight is 243 g/mol. The van der Waals surface area contributed by atoms with E-state index in [0.717, 1.165) is 25.4 Å². The van der Waals surface area contributed by atoms with Gasteiger partial charge in [0.1, 0.15) is 0 Å². The largest absolute Gasteiger partial charge is 0.376 e. The molecule has 0 aliphatic heterocycles. The van der Waals surface area contributed by atoms with Crippen LogP contribution in [0.3, 0.4) is 0 Å². The zero-order valence-corrected chi connectivity index (χ0v) is 11.1. The summed E-state index contributed by atoms with van der Waals surface area (Å²) in [7, 11) is 2.08. The van der Waals surface area contributed by atoms with Gasteiger partial charge in [-0.1, -0.05) is 0 Å². The Balaban J connectivity index is 2.40. The van der Waals surface area contributed by atoms with Crippen molar-refractivity contribution in [3.8, 4) is 0 Å². The molecule has 0 aliphatic carbocycles. The molecule has 0 saturated heterocycles. The summed E-state index contributed by atoms with van der Waals surface area (Å²) in [5, 5.41) is 0. The van der Waals surface area contributed by atoms with Crippen molar-refractivity contribution in [2.45, 2.75) is 26.5 Å². The fourth-order valence-corrected chi connectivity index (χ4v) is 2.42. The van der Waals surface area contributed by atoms with Gasteiger partial charge in [-0.15, -0.1) is 11.3 Å². The maximum absolute atomic E-state index is 5.65. The molecular weight excluding hydrogens is 222 g/mol. The number of aryl methyl sites for hydroxylation is 1. The maximum Gasteiger partial charge on any atom is 0.0823 e. The van der Waals surface area contributed by atoms with Crippen LogP contribution in [0.1, 0.15) is 17.5 Å². The number of rotatable bonds is 7. The van der Waals surface area contributed by atoms with Crippen molar-refractivity contribution in [1.82, 2.24) is 9.88 Å². The van der Waals surface area contributed by atoms with Crippen LogP contribution < -0.4 is 5.73 Å². The van der Waals surface area contributed by atoms with Crippen LogP contribution in [-0.4, -0.2) is 42.7 Å². The van der Waals surface area contributed by atoms with E-state index < -0.39 is 0 Å². The van der Waals surface area contributed by atoms with Gasteiger partial charge in [-0.2, -0.15) is 0 Å². The number of likely N-dealkylation sites (N-methyl/N-ethyl adjacent to an activating group) is 1. The van der Waals surface area contributed by atoms with Crippen molar-refractivity contribution >= 4 is 11.3 Å². The van der Waals surface area contributed by atoms with E-state index >= 15 is 0 Å². The van der Waals surface area contributed by atoms with Crippen LogP contribution in [0.15, 0.2) is 5.51 Å². The standard InChI is InChI=1S/C11H21N3OS/c1-4-15-10(5-12)6-14(3)7-11-9(2)13-8-16-11/h8,10H,4-7,12H2,1-3H3. The topological polar surface area (TPSA) is 51.4 Å². The third kappa shape index (κ3) is 4.17. The molecule has 0 aliphatic rings. The van der Waals surface area contributed by atoms with E-state index in [-0.39, 0.29) is 6.10 Å². The van der Waals surface area contributed by atoms with Crippen LogP contribution in [0.5, 0.6) is 0 Å². The highest BCUT2D eigenvalue weighted by atomic mass is 32.1. The molecule has 16 heavy (non-hydrogen) atoms. The van der Waals surface area contributed by atoms with Crippen molar-refractivity contribution < 1.29 is 4.74 Å². The lowest BCUT2D eigenvalue weighted by Crippen LogP contribution is -2.36. The van der Waals surface area contributed by atoms with Crippen molar-refractivity contribution in [3.05, 3.63) is 16.1 Å². The Hall–Kier alpha value is -0.490. The first-order valence-electron chi connectivity index (χ1n) is 5.56. The third-order valence-corrected chi connectivity index (χ3v) is 3.36. The summed E-state index contributed by atoms with van der Waals surface area (Å²) >= 11 is 1.70. The van der Waals surface area contributed by atoms with Crippen LogP contribution >= 0.6 is 11.3 Å². The second-order valence-corrected chi connectivity index (χ2v) is 4.81. The van der Waals surface area contributed by atoms with Crippen molar-refractivity contribution in [2.24, 2.45) is 5.73 Å². The highest BCUT2D eigenvalue weighted by Crippen LogP contribution is 2.14. The van der Waals surface area contributed by atoms with E-state index in [1.165, 1.54) is 4.88 Å². The summed E-state index contributed by atoms with van der Waals surface area (Å²) in [6, 6.07) is 0. The van der Waals surface area contributed by atoms with Crippen molar-refractivity contribution in [2.75, 3.05) is 26.7 Å². The Morgan fingerprint density at radius 2 is 2.38 bits per heavy atom. The van der Waals surface area contributed by atoms with Gasteiger partial charge in [-0.25, -0.2) is 4.98 Å². The SMILES string of the molecule is CCOC(CN)CN(C)Cc1scnc1C. The minimum absolute atomic E-state index is 0.128. The highest BCUT2D eigenvalue weighted by molar-refractivity contribution is 7.09. The van der Waals surface area contributed by atoms with Gasteiger partial charge >= 0.3 is 0 Å². The second kappa shape index (κ2) is 6.96. The van der Waals surface area contributed by atoms with E-state index in [9.17, 15) is 0 Å². The number of hydrogen-bond donors (Lipinski definition) is 1. The molecule has 0 aromatic carbocycles. The number of aromatic nitrogens is 1. The molecule has 2 N–H and O–H groups in total. The van der Waals surface area contributed by atoms with Crippen molar-refractivity contribution in [1.29, 1.82) is 0 Å². The van der Waals surface area contributed by atoms with E-state index in [1.807, 2.05) is 19.4 Å². The Morgan fingerprint density at radius 1 is 1.62 bits per heavy atom. The molecule has 0 saturated carbocycles. The van der Waals surface area contributed by atoms with Gasteiger partial charge in [0.15, 0.2) is 0 Å². The Morgan fingerprint density at radius 3 is 2.88 bits per heavy atom. The molecule has 0 amide bonds. The van der Waals surface area contributed by atoms with Crippen LogP contribution in [0, 0.1) is 6.92 Å². The summed E-state index contributed by atoms with van der Waals surface area (Å²) in [5.41, 5.74) is 8.66. The van der Waals surface area contributed by atoms with Crippen LogP contribution in [0.2, 0.25) is 0 Å². The predicted octanol–water partition coefficient (Wildman–Crippen LogP) is 1.25. The summed E-state index contributed by atoms with van der Waals surface area (Å²) < 4.78 is 5.53. The van der Waals surface area contributed by atoms with E-state index in [0.29, 0.717) is 6.54 Å². The zero-order valence-electron chi connectivity index (χ0n) is 10.3. The highest BCUT2D eigenvalue weighted by Gasteiger charge is 2.11. The molecule has 1 aromatic heterocycles. The number of nitrogens with zero attached hydrogens (tertiary/aromatic N) is 2. The van der Waals surface area contributed by atoms with Crippen LogP contribution in [0.4, 0.5) is 0 Å². The summed E-state index contributed by atoms with van der Waals surface area (Å²) in [6.07, 6.45) is 0.128. The first-order chi connectivity index (χ1) is 7.67. The third-order valence-electron chi connectivity index (χ3n) is 2.44. The molecule has 1 heterocycles. The Labute approximate surface area is 101 Å². The molecule has 0 radical (unpaired) electrons. The minimum Gasteiger partial charge on any atom is -0.376 e. The summed E-state index contributed by atoms with van der Waals surface area (Å²) in [5.74, 6) is 0. The monoisotopic (exact) mass is 243 g/mol. The average Bonchev–Trinajstić information content (AvgIpc) is 2.64. The first-order valence-corrected chi connectivity index (χ1v) is 6.44. The Kier molecular flexibility index (Phi) is 5.90. The van der Waals surface area contributed by atoms with Crippen molar-refractivity contribution in [3.63, 3.8) is 0 Å². The van der Waals surface area contributed by atoms with Gasteiger partial charge in [0.05, 0.1) is 17.3 Å². The molecule has 0 fully saturated rings. The van der Waals surface area contributed by atoms with E-state index in [1.54, 1.807) is 11.3 Å². The van der Waals surface area contributed by atoms with Crippen LogP contribution in [0.25, 0.3) is 0 Å². The van der Waals surface area contributed by atoms with E-state index in [4.69, 9.17) is 10.5 Å². The lowest BCUT2D eigenvalue weighted by atomic mass is 10.3.